The van der Waals surface area contributed by atoms with Crippen molar-refractivity contribution in [2.45, 2.75) is 19.8 Å². The quantitative estimate of drug-likeness (QED) is 0.831. The molecular formula is C15H16BrNO3. The molecule has 106 valence electrons. The molecule has 2 rings (SSSR count). The third kappa shape index (κ3) is 3.28. The van der Waals surface area contributed by atoms with Crippen LogP contribution in [0.1, 0.15) is 18.4 Å². The number of carbonyl (C=O) groups is 2. The van der Waals surface area contributed by atoms with Gasteiger partial charge in [-0.05, 0) is 43.5 Å². The summed E-state index contributed by atoms with van der Waals surface area (Å²) < 4.78 is 0.972. The normalized spacial score (nSPS) is 21.5. The van der Waals surface area contributed by atoms with Gasteiger partial charge in [0.2, 0.25) is 5.91 Å². The molecule has 4 nitrogen and oxygen atoms in total. The van der Waals surface area contributed by atoms with E-state index in [1.807, 2.05) is 31.2 Å². The Kier molecular flexibility index (Phi) is 4.60. The molecule has 1 aliphatic rings. The summed E-state index contributed by atoms with van der Waals surface area (Å²) in [4.78, 5) is 23.5. The van der Waals surface area contributed by atoms with Gasteiger partial charge >= 0.3 is 5.97 Å². The van der Waals surface area contributed by atoms with Crippen LogP contribution in [0.4, 0.5) is 5.69 Å². The van der Waals surface area contributed by atoms with Gasteiger partial charge in [0.1, 0.15) is 0 Å². The fourth-order valence-corrected chi connectivity index (χ4v) is 2.58. The maximum absolute atomic E-state index is 12.3. The minimum absolute atomic E-state index is 0.233. The average Bonchev–Trinajstić information content (AvgIpc) is 2.43. The third-order valence-electron chi connectivity index (χ3n) is 3.51. The van der Waals surface area contributed by atoms with Crippen LogP contribution in [-0.2, 0) is 9.59 Å². The van der Waals surface area contributed by atoms with Crippen LogP contribution in [0.5, 0.6) is 0 Å². The maximum Gasteiger partial charge on any atom is 0.307 e. The summed E-state index contributed by atoms with van der Waals surface area (Å²) in [6.07, 6.45) is 4.58. The summed E-state index contributed by atoms with van der Waals surface area (Å²) >= 11 is 3.40. The minimum Gasteiger partial charge on any atom is -0.481 e. The number of amides is 1. The first-order chi connectivity index (χ1) is 9.49. The van der Waals surface area contributed by atoms with Gasteiger partial charge in [-0.25, -0.2) is 0 Å². The number of anilines is 1. The van der Waals surface area contributed by atoms with E-state index in [-0.39, 0.29) is 5.91 Å². The number of benzene rings is 1. The number of rotatable bonds is 3. The third-order valence-corrected chi connectivity index (χ3v) is 4.40. The van der Waals surface area contributed by atoms with Gasteiger partial charge in [0, 0.05) is 10.2 Å². The summed E-state index contributed by atoms with van der Waals surface area (Å²) in [6, 6.07) is 5.51. The second-order valence-corrected chi connectivity index (χ2v) is 5.80. The standard InChI is InChI=1S/C15H16BrNO3/c1-9-8-10(6-7-13(9)16)17-14(18)11-4-2-3-5-12(11)15(19)20/h2-3,6-8,11-12H,4-5H2,1H3,(H,17,18)(H,19,20)/t11-,12-/m1/s1. The van der Waals surface area contributed by atoms with Crippen LogP contribution < -0.4 is 5.32 Å². The van der Waals surface area contributed by atoms with E-state index in [9.17, 15) is 14.7 Å². The Hall–Kier alpha value is -1.62. The molecule has 0 heterocycles. The fourth-order valence-electron chi connectivity index (χ4n) is 2.33. The zero-order valence-corrected chi connectivity index (χ0v) is 12.7. The number of aryl methyl sites for hydroxylation is 1. The minimum atomic E-state index is -0.915. The largest absolute Gasteiger partial charge is 0.481 e. The van der Waals surface area contributed by atoms with Gasteiger partial charge in [-0.1, -0.05) is 28.1 Å². The number of nitrogens with one attached hydrogen (secondary N) is 1. The Morgan fingerprint density at radius 2 is 1.90 bits per heavy atom. The van der Waals surface area contributed by atoms with E-state index in [1.54, 1.807) is 6.07 Å². The molecule has 5 heteroatoms. The summed E-state index contributed by atoms with van der Waals surface area (Å²) in [5, 5.41) is 12.0. The first-order valence-corrected chi connectivity index (χ1v) is 7.23. The molecule has 1 aliphatic carbocycles. The van der Waals surface area contributed by atoms with E-state index in [0.29, 0.717) is 18.5 Å². The SMILES string of the molecule is Cc1cc(NC(=O)[C@@H]2CC=CC[C@H]2C(=O)O)ccc1Br. The van der Waals surface area contributed by atoms with E-state index in [2.05, 4.69) is 21.2 Å². The van der Waals surface area contributed by atoms with Crippen molar-refractivity contribution in [3.63, 3.8) is 0 Å². The number of carbonyl (C=O) groups excluding carboxylic acids is 1. The van der Waals surface area contributed by atoms with Crippen LogP contribution in [-0.4, -0.2) is 17.0 Å². The van der Waals surface area contributed by atoms with Crippen molar-refractivity contribution >= 4 is 33.5 Å². The van der Waals surface area contributed by atoms with E-state index in [0.717, 1.165) is 10.0 Å². The number of allylic oxidation sites excluding steroid dienone is 2. The molecule has 0 aromatic heterocycles. The summed E-state index contributed by atoms with van der Waals surface area (Å²) in [5.74, 6) is -2.30. The van der Waals surface area contributed by atoms with Crippen molar-refractivity contribution in [2.75, 3.05) is 5.32 Å². The van der Waals surface area contributed by atoms with E-state index < -0.39 is 17.8 Å². The van der Waals surface area contributed by atoms with Crippen molar-refractivity contribution in [1.29, 1.82) is 0 Å². The molecule has 2 atom stereocenters. The van der Waals surface area contributed by atoms with Gasteiger partial charge in [-0.2, -0.15) is 0 Å². The van der Waals surface area contributed by atoms with Crippen LogP contribution in [0, 0.1) is 18.8 Å². The number of aliphatic carboxylic acids is 1. The zero-order valence-electron chi connectivity index (χ0n) is 11.1. The Labute approximate surface area is 126 Å². The molecule has 0 spiro atoms. The molecule has 0 fully saturated rings. The lowest BCUT2D eigenvalue weighted by Gasteiger charge is -2.24. The molecule has 20 heavy (non-hydrogen) atoms. The lowest BCUT2D eigenvalue weighted by atomic mass is 9.82. The van der Waals surface area contributed by atoms with Gasteiger partial charge in [-0.15, -0.1) is 0 Å². The van der Waals surface area contributed by atoms with Crippen LogP contribution in [0.15, 0.2) is 34.8 Å². The molecule has 1 aromatic carbocycles. The number of carboxylic acid groups (broad SMARTS) is 1. The smallest absolute Gasteiger partial charge is 0.307 e. The lowest BCUT2D eigenvalue weighted by molar-refractivity contribution is -0.146. The van der Waals surface area contributed by atoms with Crippen molar-refractivity contribution in [3.05, 3.63) is 40.4 Å². The fraction of sp³-hybridized carbons (Fsp3) is 0.333. The van der Waals surface area contributed by atoms with Crippen LogP contribution >= 0.6 is 15.9 Å². The van der Waals surface area contributed by atoms with Gasteiger partial charge in [0.05, 0.1) is 11.8 Å². The molecule has 0 unspecified atom stereocenters. The zero-order chi connectivity index (χ0) is 14.7. The molecule has 0 saturated carbocycles. The highest BCUT2D eigenvalue weighted by molar-refractivity contribution is 9.10. The van der Waals surface area contributed by atoms with Gasteiger partial charge in [0.25, 0.3) is 0 Å². The summed E-state index contributed by atoms with van der Waals surface area (Å²) in [5.41, 5.74) is 1.70. The van der Waals surface area contributed by atoms with Crippen molar-refractivity contribution < 1.29 is 14.7 Å². The van der Waals surface area contributed by atoms with E-state index in [1.165, 1.54) is 0 Å². The van der Waals surface area contributed by atoms with Crippen LogP contribution in [0.2, 0.25) is 0 Å². The van der Waals surface area contributed by atoms with E-state index in [4.69, 9.17) is 0 Å². The Morgan fingerprint density at radius 1 is 1.25 bits per heavy atom. The Bertz CT molecular complexity index is 568. The first kappa shape index (κ1) is 14.8. The van der Waals surface area contributed by atoms with Crippen molar-refractivity contribution in [1.82, 2.24) is 0 Å². The molecule has 0 bridgehead atoms. The molecule has 0 aliphatic heterocycles. The Morgan fingerprint density at radius 3 is 2.50 bits per heavy atom. The monoisotopic (exact) mass is 337 g/mol. The molecule has 1 amide bonds. The number of hydrogen-bond donors (Lipinski definition) is 2. The van der Waals surface area contributed by atoms with Gasteiger partial charge < -0.3 is 10.4 Å². The van der Waals surface area contributed by atoms with Gasteiger partial charge in [-0.3, -0.25) is 9.59 Å². The molecule has 2 N–H and O–H groups in total. The molecule has 0 radical (unpaired) electrons. The Balaban J connectivity index is 2.12. The maximum atomic E-state index is 12.3. The van der Waals surface area contributed by atoms with Crippen LogP contribution in [0.3, 0.4) is 0 Å². The molecule has 1 aromatic rings. The summed E-state index contributed by atoms with van der Waals surface area (Å²) in [6.45, 7) is 1.93. The topological polar surface area (TPSA) is 66.4 Å². The average molecular weight is 338 g/mol. The van der Waals surface area contributed by atoms with E-state index >= 15 is 0 Å². The highest BCUT2D eigenvalue weighted by atomic mass is 79.9. The highest BCUT2D eigenvalue weighted by Gasteiger charge is 2.33. The lowest BCUT2D eigenvalue weighted by Crippen LogP contribution is -2.34. The molecule has 0 saturated heterocycles. The van der Waals surface area contributed by atoms with Crippen molar-refractivity contribution in [2.24, 2.45) is 11.8 Å². The first-order valence-electron chi connectivity index (χ1n) is 6.44. The summed E-state index contributed by atoms with van der Waals surface area (Å²) in [7, 11) is 0. The molecular weight excluding hydrogens is 322 g/mol. The highest BCUT2D eigenvalue weighted by Crippen LogP contribution is 2.28. The second-order valence-electron chi connectivity index (χ2n) is 4.95. The van der Waals surface area contributed by atoms with Crippen LogP contribution in [0.25, 0.3) is 0 Å². The number of halogens is 1. The van der Waals surface area contributed by atoms with Crippen molar-refractivity contribution in [3.8, 4) is 0 Å². The predicted octanol–water partition coefficient (Wildman–Crippen LogP) is 3.36. The number of carboxylic acids is 1. The second kappa shape index (κ2) is 6.22. The number of hydrogen-bond acceptors (Lipinski definition) is 2. The van der Waals surface area contributed by atoms with Gasteiger partial charge in [0.15, 0.2) is 0 Å². The predicted molar refractivity (Wildman–Crippen MR) is 80.5 cm³/mol.